The monoisotopic (exact) mass is 226 g/mol. The molecule has 5 nitrogen and oxygen atoms in total. The van der Waals surface area contributed by atoms with E-state index in [2.05, 4.69) is 10.3 Å². The number of carboxylic acids is 1. The van der Waals surface area contributed by atoms with Crippen LogP contribution in [0.15, 0.2) is 18.5 Å². The van der Waals surface area contributed by atoms with E-state index in [0.29, 0.717) is 0 Å². The lowest BCUT2D eigenvalue weighted by Gasteiger charge is -2.11. The molecule has 0 aliphatic carbocycles. The summed E-state index contributed by atoms with van der Waals surface area (Å²) >= 11 is 0. The first-order chi connectivity index (χ1) is 7.54. The van der Waals surface area contributed by atoms with E-state index in [0.717, 1.165) is 12.3 Å². The Morgan fingerprint density at radius 2 is 2.25 bits per heavy atom. The summed E-state index contributed by atoms with van der Waals surface area (Å²) in [5, 5.41) is 11.0. The number of amides is 1. The minimum absolute atomic E-state index is 0.000278. The van der Waals surface area contributed by atoms with Crippen LogP contribution in [0.2, 0.25) is 0 Å². The third-order valence-electron chi connectivity index (χ3n) is 1.98. The van der Waals surface area contributed by atoms with Gasteiger partial charge in [0.05, 0.1) is 11.8 Å². The Kier molecular flexibility index (Phi) is 3.93. The van der Waals surface area contributed by atoms with Gasteiger partial charge >= 0.3 is 5.97 Å². The molecule has 0 radical (unpaired) electrons. The fourth-order valence-corrected chi connectivity index (χ4v) is 1.12. The van der Waals surface area contributed by atoms with Gasteiger partial charge in [0.1, 0.15) is 11.9 Å². The summed E-state index contributed by atoms with van der Waals surface area (Å²) in [4.78, 5) is 25.6. The van der Waals surface area contributed by atoms with Gasteiger partial charge in [-0.1, -0.05) is 6.92 Å². The molecule has 0 aromatic carbocycles. The lowest BCUT2D eigenvalue weighted by Crippen LogP contribution is -2.40. The zero-order chi connectivity index (χ0) is 12.1. The van der Waals surface area contributed by atoms with Crippen molar-refractivity contribution >= 4 is 11.9 Å². The number of hydrogen-bond donors (Lipinski definition) is 2. The summed E-state index contributed by atoms with van der Waals surface area (Å²) in [6.45, 7) is 1.63. The molecule has 0 aliphatic rings. The zero-order valence-corrected chi connectivity index (χ0v) is 8.61. The maximum absolute atomic E-state index is 12.7. The van der Waals surface area contributed by atoms with Crippen LogP contribution in [0.25, 0.3) is 0 Å². The summed E-state index contributed by atoms with van der Waals surface area (Å²) in [7, 11) is 0. The lowest BCUT2D eigenvalue weighted by molar-refractivity contribution is -0.139. The predicted molar refractivity (Wildman–Crippen MR) is 53.4 cm³/mol. The average molecular weight is 226 g/mol. The highest BCUT2D eigenvalue weighted by Gasteiger charge is 2.18. The minimum atomic E-state index is -1.12. The van der Waals surface area contributed by atoms with Crippen molar-refractivity contribution in [1.82, 2.24) is 10.3 Å². The summed E-state index contributed by atoms with van der Waals surface area (Å²) in [6.07, 6.45) is 2.39. The molecule has 0 saturated heterocycles. The number of hydrogen-bond acceptors (Lipinski definition) is 3. The van der Waals surface area contributed by atoms with Gasteiger partial charge < -0.3 is 10.4 Å². The highest BCUT2D eigenvalue weighted by molar-refractivity contribution is 5.96. The number of carboxylic acid groups (broad SMARTS) is 1. The second-order valence-corrected chi connectivity index (χ2v) is 3.16. The second kappa shape index (κ2) is 5.20. The van der Waals surface area contributed by atoms with Crippen molar-refractivity contribution in [2.24, 2.45) is 0 Å². The standard InChI is InChI=1S/C10H11FN2O3/c1-2-8(10(15)16)13-9(14)6-3-7(11)5-12-4-6/h3-5,8H,2H2,1H3,(H,13,14)(H,15,16)/t8-/m0/s1. The SMILES string of the molecule is CC[C@H](NC(=O)c1cncc(F)c1)C(=O)O. The normalized spacial score (nSPS) is 11.9. The molecule has 1 atom stereocenters. The number of halogens is 1. The van der Waals surface area contributed by atoms with Crippen LogP contribution < -0.4 is 5.32 Å². The number of rotatable bonds is 4. The number of carbonyl (C=O) groups excluding carboxylic acids is 1. The Labute approximate surface area is 91.3 Å². The molecule has 1 heterocycles. The molecule has 0 saturated carbocycles. The van der Waals surface area contributed by atoms with E-state index in [1.54, 1.807) is 6.92 Å². The van der Waals surface area contributed by atoms with E-state index in [4.69, 9.17) is 5.11 Å². The molecule has 0 unspecified atom stereocenters. The van der Waals surface area contributed by atoms with Crippen molar-refractivity contribution in [2.45, 2.75) is 19.4 Å². The molecule has 0 spiro atoms. The first kappa shape index (κ1) is 12.1. The Morgan fingerprint density at radius 1 is 1.56 bits per heavy atom. The Morgan fingerprint density at radius 3 is 2.75 bits per heavy atom. The van der Waals surface area contributed by atoms with Gasteiger partial charge in [-0.15, -0.1) is 0 Å². The maximum Gasteiger partial charge on any atom is 0.326 e. The molecule has 1 amide bonds. The third kappa shape index (κ3) is 3.01. The Hall–Kier alpha value is -1.98. The maximum atomic E-state index is 12.7. The summed E-state index contributed by atoms with van der Waals surface area (Å²) < 4.78 is 12.7. The summed E-state index contributed by atoms with van der Waals surface area (Å²) in [5.74, 6) is -2.42. The Balaban J connectivity index is 2.75. The van der Waals surface area contributed by atoms with E-state index in [-0.39, 0.29) is 12.0 Å². The van der Waals surface area contributed by atoms with Gasteiger partial charge in [-0.2, -0.15) is 0 Å². The average Bonchev–Trinajstić information content (AvgIpc) is 2.25. The second-order valence-electron chi connectivity index (χ2n) is 3.16. The molecule has 0 aliphatic heterocycles. The lowest BCUT2D eigenvalue weighted by atomic mass is 10.2. The number of nitrogens with zero attached hydrogens (tertiary/aromatic N) is 1. The van der Waals surface area contributed by atoms with Crippen molar-refractivity contribution in [3.63, 3.8) is 0 Å². The molecule has 16 heavy (non-hydrogen) atoms. The molecule has 86 valence electrons. The molecule has 1 aromatic heterocycles. The topological polar surface area (TPSA) is 79.3 Å². The molecule has 1 aromatic rings. The fourth-order valence-electron chi connectivity index (χ4n) is 1.12. The number of pyridine rings is 1. The van der Waals surface area contributed by atoms with Gasteiger partial charge in [0.2, 0.25) is 0 Å². The minimum Gasteiger partial charge on any atom is -0.480 e. The van der Waals surface area contributed by atoms with E-state index in [1.807, 2.05) is 0 Å². The highest BCUT2D eigenvalue weighted by Crippen LogP contribution is 2.02. The number of aromatic nitrogens is 1. The van der Waals surface area contributed by atoms with Crippen LogP contribution in [0.3, 0.4) is 0 Å². The summed E-state index contributed by atoms with van der Waals surface area (Å²) in [5.41, 5.74) is -0.000278. The van der Waals surface area contributed by atoms with Crippen molar-refractivity contribution < 1.29 is 19.1 Å². The zero-order valence-electron chi connectivity index (χ0n) is 8.61. The molecular formula is C10H11FN2O3. The predicted octanol–water partition coefficient (Wildman–Crippen LogP) is 0.814. The molecule has 0 fully saturated rings. The molecule has 2 N–H and O–H groups in total. The van der Waals surface area contributed by atoms with E-state index in [1.165, 1.54) is 6.20 Å². The van der Waals surface area contributed by atoms with Crippen LogP contribution in [-0.4, -0.2) is 28.0 Å². The number of nitrogens with one attached hydrogen (secondary N) is 1. The molecular weight excluding hydrogens is 215 g/mol. The van der Waals surface area contributed by atoms with Crippen LogP contribution in [0.1, 0.15) is 23.7 Å². The summed E-state index contributed by atoms with van der Waals surface area (Å²) in [6, 6.07) is 0.0208. The quantitative estimate of drug-likeness (QED) is 0.796. The van der Waals surface area contributed by atoms with Gasteiger partial charge in [0, 0.05) is 6.20 Å². The van der Waals surface area contributed by atoms with Crippen molar-refractivity contribution in [3.8, 4) is 0 Å². The Bertz CT molecular complexity index is 409. The number of carbonyl (C=O) groups is 2. The van der Waals surface area contributed by atoms with E-state index >= 15 is 0 Å². The fraction of sp³-hybridized carbons (Fsp3) is 0.300. The highest BCUT2D eigenvalue weighted by atomic mass is 19.1. The van der Waals surface area contributed by atoms with E-state index < -0.39 is 23.7 Å². The first-order valence-corrected chi connectivity index (χ1v) is 4.68. The van der Waals surface area contributed by atoms with Gasteiger partial charge in [-0.25, -0.2) is 9.18 Å². The van der Waals surface area contributed by atoms with Gasteiger partial charge in [0.25, 0.3) is 5.91 Å². The number of aliphatic carboxylic acids is 1. The molecule has 6 heteroatoms. The smallest absolute Gasteiger partial charge is 0.326 e. The van der Waals surface area contributed by atoms with Gasteiger partial charge in [-0.05, 0) is 12.5 Å². The van der Waals surface area contributed by atoms with Gasteiger partial charge in [-0.3, -0.25) is 9.78 Å². The van der Waals surface area contributed by atoms with E-state index in [9.17, 15) is 14.0 Å². The van der Waals surface area contributed by atoms with Crippen LogP contribution in [0, 0.1) is 5.82 Å². The third-order valence-corrected chi connectivity index (χ3v) is 1.98. The van der Waals surface area contributed by atoms with Crippen molar-refractivity contribution in [2.75, 3.05) is 0 Å². The molecule has 1 rings (SSSR count). The van der Waals surface area contributed by atoms with Crippen LogP contribution in [0.4, 0.5) is 4.39 Å². The first-order valence-electron chi connectivity index (χ1n) is 4.68. The van der Waals surface area contributed by atoms with Gasteiger partial charge in [0.15, 0.2) is 0 Å². The van der Waals surface area contributed by atoms with Crippen molar-refractivity contribution in [3.05, 3.63) is 29.8 Å². The molecule has 0 bridgehead atoms. The van der Waals surface area contributed by atoms with Crippen LogP contribution in [0.5, 0.6) is 0 Å². The van der Waals surface area contributed by atoms with Crippen molar-refractivity contribution in [1.29, 1.82) is 0 Å². The van der Waals surface area contributed by atoms with Crippen LogP contribution >= 0.6 is 0 Å². The van der Waals surface area contributed by atoms with Crippen LogP contribution in [-0.2, 0) is 4.79 Å². The largest absolute Gasteiger partial charge is 0.480 e.